The molecule has 1 heterocycles. The molecule has 0 radical (unpaired) electrons. The Hall–Kier alpha value is -1.19. The average Bonchev–Trinajstić information content (AvgIpc) is 2.73. The topological polar surface area (TPSA) is 35.3 Å². The lowest BCUT2D eigenvalue weighted by molar-refractivity contribution is 0.330. The quantitative estimate of drug-likeness (QED) is 0.773. The van der Waals surface area contributed by atoms with E-state index in [0.29, 0.717) is 17.3 Å². The van der Waals surface area contributed by atoms with Gasteiger partial charge in [-0.05, 0) is 37.1 Å². The van der Waals surface area contributed by atoms with Crippen molar-refractivity contribution in [1.82, 2.24) is 4.98 Å². The third-order valence-corrected chi connectivity index (χ3v) is 3.15. The maximum Gasteiger partial charge on any atom is 0.399 e. The Balaban J connectivity index is 2.24. The summed E-state index contributed by atoms with van der Waals surface area (Å²) >= 11 is 11.7. The SMILES string of the molecule is Cc1cc(Oc2nc(CCl)co2)cc(C)c1Cl. The summed E-state index contributed by atoms with van der Waals surface area (Å²) in [6.45, 7) is 3.84. The largest absolute Gasteiger partial charge is 0.417 e. The van der Waals surface area contributed by atoms with E-state index < -0.39 is 0 Å². The Morgan fingerprint density at radius 3 is 2.47 bits per heavy atom. The predicted molar refractivity (Wildman–Crippen MR) is 67.1 cm³/mol. The first kappa shape index (κ1) is 12.3. The number of benzene rings is 1. The first-order valence-corrected chi connectivity index (χ1v) is 5.96. The fourth-order valence-electron chi connectivity index (χ4n) is 1.46. The second-order valence-corrected chi connectivity index (χ2v) is 4.36. The van der Waals surface area contributed by atoms with Gasteiger partial charge >= 0.3 is 6.08 Å². The highest BCUT2D eigenvalue weighted by atomic mass is 35.5. The fourth-order valence-corrected chi connectivity index (χ4v) is 1.69. The number of hydrogen-bond donors (Lipinski definition) is 0. The van der Waals surface area contributed by atoms with E-state index in [1.807, 2.05) is 26.0 Å². The zero-order valence-corrected chi connectivity index (χ0v) is 11.0. The molecule has 1 aromatic heterocycles. The van der Waals surface area contributed by atoms with Crippen molar-refractivity contribution in [2.75, 3.05) is 0 Å². The molecule has 0 unspecified atom stereocenters. The molecule has 0 N–H and O–H groups in total. The van der Waals surface area contributed by atoms with E-state index in [2.05, 4.69) is 4.98 Å². The van der Waals surface area contributed by atoms with Gasteiger partial charge in [-0.1, -0.05) is 11.6 Å². The lowest BCUT2D eigenvalue weighted by atomic mass is 10.1. The van der Waals surface area contributed by atoms with Crippen molar-refractivity contribution in [3.63, 3.8) is 0 Å². The van der Waals surface area contributed by atoms with Gasteiger partial charge in [-0.15, -0.1) is 11.6 Å². The van der Waals surface area contributed by atoms with Crippen LogP contribution < -0.4 is 4.74 Å². The number of alkyl halides is 1. The van der Waals surface area contributed by atoms with Crippen LogP contribution in [0.15, 0.2) is 22.8 Å². The Morgan fingerprint density at radius 1 is 1.29 bits per heavy atom. The Kier molecular flexibility index (Phi) is 3.60. The molecular weight excluding hydrogens is 261 g/mol. The standard InChI is InChI=1S/C12H11Cl2NO2/c1-7-3-10(4-8(2)11(7)14)17-12-15-9(5-13)6-16-12/h3-4,6H,5H2,1-2H3. The van der Waals surface area contributed by atoms with Crippen LogP contribution in [0, 0.1) is 13.8 Å². The molecule has 0 spiro atoms. The fraction of sp³-hybridized carbons (Fsp3) is 0.250. The van der Waals surface area contributed by atoms with Crippen LogP contribution in [-0.4, -0.2) is 4.98 Å². The number of aryl methyl sites for hydroxylation is 2. The van der Waals surface area contributed by atoms with Gasteiger partial charge in [0.05, 0.1) is 11.6 Å². The highest BCUT2D eigenvalue weighted by Crippen LogP contribution is 2.28. The van der Waals surface area contributed by atoms with Gasteiger partial charge < -0.3 is 9.15 Å². The predicted octanol–water partition coefficient (Wildman–Crippen LogP) is 4.48. The third-order valence-electron chi connectivity index (χ3n) is 2.28. The van der Waals surface area contributed by atoms with Gasteiger partial charge in [-0.3, -0.25) is 0 Å². The summed E-state index contributed by atoms with van der Waals surface area (Å²) in [6.07, 6.45) is 1.65. The number of halogens is 2. The van der Waals surface area contributed by atoms with Crippen LogP contribution >= 0.6 is 23.2 Å². The number of nitrogens with zero attached hydrogens (tertiary/aromatic N) is 1. The molecule has 2 aromatic rings. The summed E-state index contributed by atoms with van der Waals surface area (Å²) in [6, 6.07) is 3.67. The number of aromatic nitrogens is 1. The second kappa shape index (κ2) is 4.98. The van der Waals surface area contributed by atoms with Crippen LogP contribution in [0.25, 0.3) is 0 Å². The molecule has 3 nitrogen and oxygen atoms in total. The van der Waals surface area contributed by atoms with Gasteiger partial charge in [0, 0.05) is 5.02 Å². The zero-order chi connectivity index (χ0) is 12.4. The summed E-state index contributed by atoms with van der Waals surface area (Å²) in [4.78, 5) is 4.05. The molecule has 1 aromatic carbocycles. The molecular formula is C12H11Cl2NO2. The van der Waals surface area contributed by atoms with Crippen molar-refractivity contribution in [2.24, 2.45) is 0 Å². The van der Waals surface area contributed by atoms with Crippen molar-refractivity contribution in [3.8, 4) is 11.8 Å². The summed E-state index contributed by atoms with van der Waals surface area (Å²) in [5.74, 6) is 0.943. The van der Waals surface area contributed by atoms with Crippen molar-refractivity contribution in [2.45, 2.75) is 19.7 Å². The molecule has 5 heteroatoms. The molecule has 0 saturated heterocycles. The molecule has 0 atom stereocenters. The summed E-state index contributed by atoms with van der Waals surface area (Å²) in [7, 11) is 0. The van der Waals surface area contributed by atoms with E-state index >= 15 is 0 Å². The lowest BCUT2D eigenvalue weighted by Gasteiger charge is -2.06. The Labute approximate surface area is 109 Å². The van der Waals surface area contributed by atoms with E-state index in [4.69, 9.17) is 32.4 Å². The normalized spacial score (nSPS) is 10.6. The molecule has 0 saturated carbocycles. The van der Waals surface area contributed by atoms with Gasteiger partial charge in [-0.2, -0.15) is 4.98 Å². The molecule has 90 valence electrons. The third kappa shape index (κ3) is 2.73. The minimum Gasteiger partial charge on any atom is -0.417 e. The summed E-state index contributed by atoms with van der Waals surface area (Å²) < 4.78 is 10.6. The van der Waals surface area contributed by atoms with Crippen LogP contribution in [0.2, 0.25) is 5.02 Å². The van der Waals surface area contributed by atoms with Crippen molar-refractivity contribution >= 4 is 23.2 Å². The number of hydrogen-bond acceptors (Lipinski definition) is 3. The second-order valence-electron chi connectivity index (χ2n) is 3.71. The van der Waals surface area contributed by atoms with Crippen LogP contribution in [0.4, 0.5) is 0 Å². The summed E-state index contributed by atoms with van der Waals surface area (Å²) in [5, 5.41) is 0.742. The highest BCUT2D eigenvalue weighted by molar-refractivity contribution is 6.32. The van der Waals surface area contributed by atoms with Gasteiger partial charge in [0.25, 0.3) is 0 Å². The van der Waals surface area contributed by atoms with Crippen LogP contribution in [-0.2, 0) is 5.88 Å². The minimum atomic E-state index is 0.182. The van der Waals surface area contributed by atoms with E-state index in [1.165, 1.54) is 6.26 Å². The number of oxazole rings is 1. The molecule has 0 aliphatic rings. The molecule has 0 fully saturated rings. The van der Waals surface area contributed by atoms with E-state index in [0.717, 1.165) is 16.1 Å². The van der Waals surface area contributed by atoms with Crippen molar-refractivity contribution in [1.29, 1.82) is 0 Å². The Morgan fingerprint density at radius 2 is 1.94 bits per heavy atom. The number of rotatable bonds is 3. The highest BCUT2D eigenvalue weighted by Gasteiger charge is 2.08. The van der Waals surface area contributed by atoms with E-state index in [1.54, 1.807) is 0 Å². The summed E-state index contributed by atoms with van der Waals surface area (Å²) in [5.41, 5.74) is 2.54. The molecule has 0 bridgehead atoms. The molecule has 2 rings (SSSR count). The lowest BCUT2D eigenvalue weighted by Crippen LogP contribution is -1.88. The smallest absolute Gasteiger partial charge is 0.399 e. The van der Waals surface area contributed by atoms with Gasteiger partial charge in [0.1, 0.15) is 12.0 Å². The van der Waals surface area contributed by atoms with Gasteiger partial charge in [-0.25, -0.2) is 0 Å². The van der Waals surface area contributed by atoms with Crippen LogP contribution in [0.5, 0.6) is 11.8 Å². The molecule has 17 heavy (non-hydrogen) atoms. The average molecular weight is 272 g/mol. The van der Waals surface area contributed by atoms with Gasteiger partial charge in [0.2, 0.25) is 0 Å². The van der Waals surface area contributed by atoms with Gasteiger partial charge in [0.15, 0.2) is 0 Å². The first-order chi connectivity index (χ1) is 8.10. The molecule has 0 aliphatic heterocycles. The van der Waals surface area contributed by atoms with Crippen LogP contribution in [0.3, 0.4) is 0 Å². The number of ether oxygens (including phenoxy) is 1. The van der Waals surface area contributed by atoms with Crippen LogP contribution in [0.1, 0.15) is 16.8 Å². The maximum atomic E-state index is 6.07. The monoisotopic (exact) mass is 271 g/mol. The maximum absolute atomic E-state index is 6.07. The minimum absolute atomic E-state index is 0.182. The molecule has 0 aliphatic carbocycles. The molecule has 0 amide bonds. The first-order valence-electron chi connectivity index (χ1n) is 5.05. The van der Waals surface area contributed by atoms with E-state index in [9.17, 15) is 0 Å². The van der Waals surface area contributed by atoms with Crippen molar-refractivity contribution < 1.29 is 9.15 Å². The zero-order valence-electron chi connectivity index (χ0n) is 9.46. The van der Waals surface area contributed by atoms with E-state index in [-0.39, 0.29) is 6.08 Å². The Bertz CT molecular complexity index is 514. The van der Waals surface area contributed by atoms with Crippen molar-refractivity contribution in [3.05, 3.63) is 40.2 Å².